The van der Waals surface area contributed by atoms with Gasteiger partial charge in [-0.1, -0.05) is 105 Å². The monoisotopic (exact) mass is 2040 g/mol. The molecule has 2 aliphatic rings. The van der Waals surface area contributed by atoms with Gasteiger partial charge in [-0.15, -0.1) is 0 Å². The van der Waals surface area contributed by atoms with Crippen molar-refractivity contribution in [3.05, 3.63) is 326 Å². The van der Waals surface area contributed by atoms with Gasteiger partial charge < -0.3 is 46.3 Å². The average Bonchev–Trinajstić information content (AvgIpc) is 1.58. The number of hydrogen-bond donors (Lipinski definition) is 0. The summed E-state index contributed by atoms with van der Waals surface area (Å²) in [5, 5.41) is 41.3. The fraction of sp³-hybridized carbons (Fsp3) is 0.267. The predicted molar refractivity (Wildman–Crippen MR) is 607 cm³/mol. The maximum Gasteiger partial charge on any atom is 0.324 e. The van der Waals surface area contributed by atoms with Gasteiger partial charge in [0.15, 0.2) is 38.7 Å². The first-order valence-electron chi connectivity index (χ1n) is 49.3. The van der Waals surface area contributed by atoms with Gasteiger partial charge in [0, 0.05) is 306 Å². The first kappa shape index (κ1) is 109. The van der Waals surface area contributed by atoms with Crippen LogP contribution in [0.4, 0.5) is 16.2 Å². The lowest BCUT2D eigenvalue weighted by Gasteiger charge is -2.14. The molecular formula is C120H129ClN20O8S. The van der Waals surface area contributed by atoms with Crippen LogP contribution in [0.5, 0.6) is 0 Å². The Morgan fingerprint density at radius 1 is 0.367 bits per heavy atom. The van der Waals surface area contributed by atoms with Crippen LogP contribution in [0.1, 0.15) is 149 Å². The van der Waals surface area contributed by atoms with Crippen molar-refractivity contribution in [2.24, 2.45) is 77.5 Å². The summed E-state index contributed by atoms with van der Waals surface area (Å²) < 4.78 is 44.5. The maximum atomic E-state index is 12.1. The number of ketones is 4. The highest BCUT2D eigenvalue weighted by atomic mass is 35.5. The van der Waals surface area contributed by atoms with Crippen LogP contribution in [0.3, 0.4) is 0 Å². The maximum absolute atomic E-state index is 12.1. The molecule has 3 amide bonds. The topological polar surface area (TPSA) is 300 Å². The highest BCUT2D eigenvalue weighted by molar-refractivity contribution is 7.91. The molecule has 0 spiro atoms. The van der Waals surface area contributed by atoms with E-state index in [2.05, 4.69) is 171 Å². The molecule has 30 heteroatoms. The lowest BCUT2D eigenvalue weighted by Crippen LogP contribution is -2.28. The van der Waals surface area contributed by atoms with Crippen LogP contribution in [-0.4, -0.2) is 152 Å². The Balaban J connectivity index is 0.000000131. The second-order valence-electron chi connectivity index (χ2n) is 39.3. The average molecular weight is 2050 g/mol. The molecule has 0 radical (unpaired) electrons. The second-order valence-corrected chi connectivity index (χ2v) is 41.7. The number of aromatic nitrogens is 15. The van der Waals surface area contributed by atoms with Crippen molar-refractivity contribution >= 4 is 177 Å². The number of Topliss-reactive ketones (excluding diaryl/α,β-unsaturated/α-hetero) is 4. The summed E-state index contributed by atoms with van der Waals surface area (Å²) in [6, 6.07) is 61.8. The SMILES string of the molecule is CC(=O)c1cn(C)c2cc(Cl)c(C)cc12.CC(=O)c1cn(C)c2ccc(C)cc12.CC(=O)c1cn(C)c2ncc(C)cc12.CC(=O)c1nn(C)c2ccc(C)cc12.Cc1ccc2c(c1)c(-c1ccnn1C)cn2C.Cc1ccc2c(c1)c(C#N)cn2C.Cc1ccc2c(c1)c(C#N)nn2C.Cc1ccc2c(c1)c(N1CCCC1=O)cn2C.Cc1ccc2c(c1)c(N1CCN(C)C1=O)cn2C.Cc1ccc2c(c1)c(S(C)(=O)=O)cn2C. The van der Waals surface area contributed by atoms with Gasteiger partial charge in [-0.2, -0.15) is 25.8 Å². The quantitative estimate of drug-likeness (QED) is 0.128. The summed E-state index contributed by atoms with van der Waals surface area (Å²) in [5.41, 5.74) is 30.8. The molecule has 0 N–H and O–H groups in total. The molecule has 23 rings (SSSR count). The number of amides is 3. The minimum absolute atomic E-state index is 0.0150. The van der Waals surface area contributed by atoms with Gasteiger partial charge in [-0.25, -0.2) is 18.2 Å². The summed E-state index contributed by atoms with van der Waals surface area (Å²) in [5.74, 6) is 0.562. The largest absolute Gasteiger partial charge is 0.350 e. The van der Waals surface area contributed by atoms with E-state index in [0.29, 0.717) is 22.7 Å². The standard InChI is InChI=1S/C14H17N3O.C14H15N3.C14H16N2O.C12H12ClNO.C12H13NO.2C11H12N2O.C11H10N2.C11H13NO2S.C10H9N3/c1-10-4-5-12-11(8-10)13(9-16(12)3)17-7-6-15(2)14(17)18;1-10-4-5-13-11(8-10)12(9-16(13)2)14-6-7-15-17(14)3;1-10-5-6-12-11(8-10)13(9-15(12)2)16-7-3-4-14(16)17;1-7-4-9-10(8(2)15)6-14(3)12(9)5-11(7)13;1-8-4-5-12-10(6-8)11(9(2)14)7-13(12)3;1-7-4-9-10(8(2)14)6-13(3)11(9)12-5-7;1-7-4-5-10-9(6-7)11(8(2)14)12-13(10)3;1-8-3-4-11-10(5-8)9(6-12)7-13(11)2;1-8-4-5-10-9(6-8)11(7-12(10)2)15(3,13)14;1-7-3-4-10-8(5-7)9(6-11)12-13(10)2/h4-5,8-9H,6-7H2,1-3H3;4-9H,1-3H3;5-6,8-9H,3-4,7H2,1-2H3;4-6H,1-3H3;4-7H,1-3H3;2*4-6H,1-3H3;3-5,7H,1-2H3;4-7H,1-3H3;3-5H,1-2H3. The fourth-order valence-corrected chi connectivity index (χ4v) is 20.3. The van der Waals surface area contributed by atoms with Crippen molar-refractivity contribution in [2.45, 2.75) is 115 Å². The number of urea groups is 1. The normalized spacial score (nSPS) is 12.1. The van der Waals surface area contributed by atoms with E-state index in [4.69, 9.17) is 22.1 Å². The van der Waals surface area contributed by atoms with Crippen molar-refractivity contribution < 1.29 is 37.2 Å². The Bertz CT molecular complexity index is 8760. The Morgan fingerprint density at radius 3 is 1.25 bits per heavy atom. The number of benzene rings is 9. The fourth-order valence-electron chi connectivity index (χ4n) is 19.2. The van der Waals surface area contributed by atoms with Crippen LogP contribution in [0.25, 0.3) is 120 Å². The number of anilines is 2. The van der Waals surface area contributed by atoms with E-state index < -0.39 is 9.84 Å². The number of pyridine rings is 1. The Hall–Kier alpha value is -16.8. The highest BCUT2D eigenvalue weighted by Crippen LogP contribution is 2.38. The van der Waals surface area contributed by atoms with Gasteiger partial charge in [-0.05, 0) is 229 Å². The molecule has 14 heterocycles. The Labute approximate surface area is 879 Å². The molecule has 770 valence electrons. The molecule has 12 aromatic heterocycles. The zero-order chi connectivity index (χ0) is 109. The molecule has 0 saturated carbocycles. The third-order valence-corrected chi connectivity index (χ3v) is 28.6. The van der Waals surface area contributed by atoms with Gasteiger partial charge in [-0.3, -0.25) is 42.9 Å². The van der Waals surface area contributed by atoms with E-state index >= 15 is 0 Å². The van der Waals surface area contributed by atoms with Crippen LogP contribution >= 0.6 is 11.6 Å². The third kappa shape index (κ3) is 23.6. The van der Waals surface area contributed by atoms with Crippen LogP contribution in [-0.2, 0) is 92.2 Å². The van der Waals surface area contributed by atoms with E-state index in [0.717, 1.165) is 186 Å². The summed E-state index contributed by atoms with van der Waals surface area (Å²) in [6.07, 6.45) is 21.9. The number of carbonyl (C=O) groups is 6. The number of carbonyl (C=O) groups excluding carboxylic acids is 6. The van der Waals surface area contributed by atoms with E-state index in [1.54, 1.807) is 48.2 Å². The number of nitriles is 2. The molecule has 2 aliphatic heterocycles. The summed E-state index contributed by atoms with van der Waals surface area (Å²) in [7, 11) is 20.1. The molecule has 0 atom stereocenters. The number of fused-ring (bicyclic) bond motifs is 10. The van der Waals surface area contributed by atoms with Crippen molar-refractivity contribution in [3.63, 3.8) is 0 Å². The Morgan fingerprint density at radius 2 is 0.767 bits per heavy atom. The predicted octanol–water partition coefficient (Wildman–Crippen LogP) is 24.1. The first-order chi connectivity index (χ1) is 71.0. The van der Waals surface area contributed by atoms with Gasteiger partial charge in [0.05, 0.1) is 38.6 Å². The number of rotatable bonds is 8. The van der Waals surface area contributed by atoms with Crippen LogP contribution < -0.4 is 9.80 Å². The van der Waals surface area contributed by atoms with Crippen molar-refractivity contribution in [2.75, 3.05) is 42.7 Å². The van der Waals surface area contributed by atoms with Gasteiger partial charge in [0.1, 0.15) is 23.5 Å². The zero-order valence-corrected chi connectivity index (χ0v) is 92.0. The first-order valence-corrected chi connectivity index (χ1v) is 51.5. The molecule has 0 bridgehead atoms. The molecule has 28 nitrogen and oxygen atoms in total. The second kappa shape index (κ2) is 45.3. The zero-order valence-electron chi connectivity index (χ0n) is 90.5. The van der Waals surface area contributed by atoms with Crippen molar-refractivity contribution in [1.82, 2.24) is 75.8 Å². The molecule has 150 heavy (non-hydrogen) atoms. The molecule has 0 unspecified atom stereocenters. The van der Waals surface area contributed by atoms with Gasteiger partial charge in [0.2, 0.25) is 5.91 Å². The summed E-state index contributed by atoms with van der Waals surface area (Å²) >= 11 is 6.05. The molecule has 9 aromatic carbocycles. The van der Waals surface area contributed by atoms with Crippen LogP contribution in [0.2, 0.25) is 5.02 Å². The summed E-state index contributed by atoms with van der Waals surface area (Å²) in [4.78, 5) is 79.6. The van der Waals surface area contributed by atoms with E-state index in [1.807, 2.05) is 292 Å². The minimum atomic E-state index is -3.15. The number of hydrogen-bond acceptors (Lipinski definition) is 14. The van der Waals surface area contributed by atoms with E-state index in [-0.39, 0.29) is 35.1 Å². The number of sulfone groups is 1. The lowest BCUT2D eigenvalue weighted by molar-refractivity contribution is -0.117. The van der Waals surface area contributed by atoms with Gasteiger partial charge >= 0.3 is 6.03 Å². The minimum Gasteiger partial charge on any atom is -0.350 e. The lowest BCUT2D eigenvalue weighted by atomic mass is 10.1. The number of nitrogens with zero attached hydrogens (tertiary/aromatic N) is 20. The third-order valence-electron chi connectivity index (χ3n) is 27.1. The van der Waals surface area contributed by atoms with E-state index in [9.17, 15) is 37.2 Å². The number of halogens is 1. The molecule has 2 saturated heterocycles. The van der Waals surface area contributed by atoms with Crippen LogP contribution in [0.15, 0.2) is 237 Å². The summed E-state index contributed by atoms with van der Waals surface area (Å²) in [6.45, 7) is 29.0. The molecule has 21 aromatic rings. The number of aryl methyl sites for hydroxylation is 21. The van der Waals surface area contributed by atoms with Crippen molar-refractivity contribution in [3.8, 4) is 23.4 Å². The Kier molecular flexibility index (Phi) is 32.9. The molecule has 0 aliphatic carbocycles. The number of likely N-dealkylation sites (N-methyl/N-ethyl adjacent to an activating group) is 1. The highest BCUT2D eigenvalue weighted by Gasteiger charge is 2.30. The van der Waals surface area contributed by atoms with Crippen molar-refractivity contribution in [1.29, 1.82) is 10.5 Å². The van der Waals surface area contributed by atoms with E-state index in [1.165, 1.54) is 61.4 Å². The smallest absolute Gasteiger partial charge is 0.324 e. The molecule has 2 fully saturated rings. The van der Waals surface area contributed by atoms with Gasteiger partial charge in [0.25, 0.3) is 0 Å². The van der Waals surface area contributed by atoms with Crippen LogP contribution in [0, 0.1) is 91.9 Å². The molecular weight excluding hydrogens is 1920 g/mol.